The van der Waals surface area contributed by atoms with Crippen molar-refractivity contribution in [3.8, 4) is 5.75 Å². The lowest BCUT2D eigenvalue weighted by Gasteiger charge is -2.19. The number of hydrogen-bond donors (Lipinski definition) is 1. The lowest BCUT2D eigenvalue weighted by molar-refractivity contribution is 0.302. The zero-order chi connectivity index (χ0) is 13.8. The van der Waals surface area contributed by atoms with Crippen molar-refractivity contribution in [2.45, 2.75) is 31.9 Å². The van der Waals surface area contributed by atoms with Gasteiger partial charge in [-0.1, -0.05) is 19.1 Å². The average molecular weight is 269 g/mol. The third kappa shape index (κ3) is 3.14. The van der Waals surface area contributed by atoms with E-state index in [4.69, 9.17) is 4.74 Å². The first kappa shape index (κ1) is 13.1. The van der Waals surface area contributed by atoms with Crippen molar-refractivity contribution in [2.75, 3.05) is 6.54 Å². The number of ether oxygens (including phenoxy) is 1. The van der Waals surface area contributed by atoms with E-state index >= 15 is 0 Å². The Morgan fingerprint density at radius 3 is 2.85 bits per heavy atom. The standard InChI is InChI=1S/C16H19N3O/c1-2-17-16(13-8-9-18-19-11-13)12-4-3-5-15(10-12)20-14-6-7-14/h3-5,8-11,14,16-17H,2,6-7H2,1H3. The number of benzene rings is 1. The Bertz CT molecular complexity index is 555. The molecule has 1 aliphatic rings. The van der Waals surface area contributed by atoms with Gasteiger partial charge in [0.1, 0.15) is 5.75 Å². The van der Waals surface area contributed by atoms with Gasteiger partial charge in [0, 0.05) is 6.20 Å². The van der Waals surface area contributed by atoms with E-state index in [1.54, 1.807) is 6.20 Å². The molecule has 2 aromatic rings. The topological polar surface area (TPSA) is 47.0 Å². The molecule has 1 atom stereocenters. The molecule has 1 aliphatic carbocycles. The van der Waals surface area contributed by atoms with Gasteiger partial charge in [-0.15, -0.1) is 0 Å². The summed E-state index contributed by atoms with van der Waals surface area (Å²) < 4.78 is 5.87. The van der Waals surface area contributed by atoms with Gasteiger partial charge in [-0.05, 0) is 48.7 Å². The molecule has 3 rings (SSSR count). The smallest absolute Gasteiger partial charge is 0.120 e. The summed E-state index contributed by atoms with van der Waals surface area (Å²) in [5.74, 6) is 0.954. The molecule has 4 heteroatoms. The van der Waals surface area contributed by atoms with Gasteiger partial charge in [-0.2, -0.15) is 10.2 Å². The van der Waals surface area contributed by atoms with Crippen molar-refractivity contribution in [1.82, 2.24) is 15.5 Å². The second-order valence-corrected chi connectivity index (χ2v) is 5.06. The van der Waals surface area contributed by atoms with Crippen LogP contribution in [0.1, 0.15) is 36.9 Å². The van der Waals surface area contributed by atoms with Crippen LogP contribution in [-0.4, -0.2) is 22.8 Å². The largest absolute Gasteiger partial charge is 0.490 e. The van der Waals surface area contributed by atoms with Crippen molar-refractivity contribution in [1.29, 1.82) is 0 Å². The van der Waals surface area contributed by atoms with E-state index in [0.717, 1.165) is 17.9 Å². The Kier molecular flexibility index (Phi) is 3.92. The predicted octanol–water partition coefficient (Wildman–Crippen LogP) is 2.72. The number of hydrogen-bond acceptors (Lipinski definition) is 4. The Hall–Kier alpha value is -1.94. The molecule has 1 heterocycles. The summed E-state index contributed by atoms with van der Waals surface area (Å²) in [4.78, 5) is 0. The summed E-state index contributed by atoms with van der Waals surface area (Å²) in [6.07, 6.45) is 6.31. The maximum atomic E-state index is 5.87. The molecule has 104 valence electrons. The van der Waals surface area contributed by atoms with Crippen LogP contribution < -0.4 is 10.1 Å². The molecule has 1 aromatic carbocycles. The molecule has 1 aromatic heterocycles. The minimum absolute atomic E-state index is 0.123. The number of aromatic nitrogens is 2. The van der Waals surface area contributed by atoms with Crippen LogP contribution in [0.5, 0.6) is 5.75 Å². The molecule has 1 saturated carbocycles. The molecular formula is C16H19N3O. The van der Waals surface area contributed by atoms with Crippen LogP contribution in [-0.2, 0) is 0 Å². The van der Waals surface area contributed by atoms with E-state index in [1.165, 1.54) is 18.4 Å². The van der Waals surface area contributed by atoms with Gasteiger partial charge in [0.2, 0.25) is 0 Å². The highest BCUT2D eigenvalue weighted by atomic mass is 16.5. The van der Waals surface area contributed by atoms with Gasteiger partial charge < -0.3 is 10.1 Å². The zero-order valence-electron chi connectivity index (χ0n) is 11.6. The number of nitrogens with zero attached hydrogens (tertiary/aromatic N) is 2. The summed E-state index contributed by atoms with van der Waals surface area (Å²) in [6, 6.07) is 10.4. The van der Waals surface area contributed by atoms with Gasteiger partial charge in [0.05, 0.1) is 18.3 Å². The average Bonchev–Trinajstić information content (AvgIpc) is 3.30. The van der Waals surface area contributed by atoms with E-state index in [1.807, 2.05) is 24.4 Å². The van der Waals surface area contributed by atoms with Gasteiger partial charge in [-0.3, -0.25) is 0 Å². The molecule has 1 N–H and O–H groups in total. The molecular weight excluding hydrogens is 250 g/mol. The molecule has 0 saturated heterocycles. The first-order valence-corrected chi connectivity index (χ1v) is 7.13. The van der Waals surface area contributed by atoms with Crippen molar-refractivity contribution in [3.05, 3.63) is 53.9 Å². The molecule has 4 nitrogen and oxygen atoms in total. The van der Waals surface area contributed by atoms with Crippen molar-refractivity contribution in [3.63, 3.8) is 0 Å². The van der Waals surface area contributed by atoms with E-state index < -0.39 is 0 Å². The normalized spacial score (nSPS) is 15.8. The molecule has 1 unspecified atom stereocenters. The molecule has 0 spiro atoms. The summed E-state index contributed by atoms with van der Waals surface area (Å²) in [6.45, 7) is 2.99. The van der Waals surface area contributed by atoms with Crippen LogP contribution in [0, 0.1) is 0 Å². The molecule has 0 aliphatic heterocycles. The van der Waals surface area contributed by atoms with E-state index in [2.05, 4.69) is 34.6 Å². The molecule has 0 amide bonds. The quantitative estimate of drug-likeness (QED) is 0.876. The monoisotopic (exact) mass is 269 g/mol. The predicted molar refractivity (Wildman–Crippen MR) is 77.6 cm³/mol. The van der Waals surface area contributed by atoms with Crippen LogP contribution in [0.2, 0.25) is 0 Å². The second kappa shape index (κ2) is 6.01. The third-order valence-corrected chi connectivity index (χ3v) is 3.37. The number of nitrogens with one attached hydrogen (secondary N) is 1. The Balaban J connectivity index is 1.86. The highest BCUT2D eigenvalue weighted by Crippen LogP contribution is 2.29. The fraction of sp³-hybridized carbons (Fsp3) is 0.375. The van der Waals surface area contributed by atoms with Gasteiger partial charge >= 0.3 is 0 Å². The summed E-state index contributed by atoms with van der Waals surface area (Å²) in [5.41, 5.74) is 2.31. The summed E-state index contributed by atoms with van der Waals surface area (Å²) >= 11 is 0. The number of rotatable bonds is 6. The third-order valence-electron chi connectivity index (χ3n) is 3.37. The Morgan fingerprint density at radius 2 is 2.15 bits per heavy atom. The minimum atomic E-state index is 0.123. The minimum Gasteiger partial charge on any atom is -0.490 e. The Morgan fingerprint density at radius 1 is 1.25 bits per heavy atom. The van der Waals surface area contributed by atoms with Crippen LogP contribution in [0.3, 0.4) is 0 Å². The van der Waals surface area contributed by atoms with E-state index in [-0.39, 0.29) is 6.04 Å². The van der Waals surface area contributed by atoms with Crippen LogP contribution in [0.4, 0.5) is 0 Å². The maximum absolute atomic E-state index is 5.87. The van der Waals surface area contributed by atoms with Crippen LogP contribution in [0.15, 0.2) is 42.7 Å². The molecule has 0 bridgehead atoms. The van der Waals surface area contributed by atoms with Crippen molar-refractivity contribution in [2.24, 2.45) is 0 Å². The highest BCUT2D eigenvalue weighted by Gasteiger charge is 2.24. The van der Waals surface area contributed by atoms with E-state index in [9.17, 15) is 0 Å². The fourth-order valence-corrected chi connectivity index (χ4v) is 2.25. The van der Waals surface area contributed by atoms with Gasteiger partial charge in [-0.25, -0.2) is 0 Å². The first-order chi connectivity index (χ1) is 9.86. The fourth-order valence-electron chi connectivity index (χ4n) is 2.25. The lowest BCUT2D eigenvalue weighted by Crippen LogP contribution is -2.22. The van der Waals surface area contributed by atoms with Gasteiger partial charge in [0.15, 0.2) is 0 Å². The SMILES string of the molecule is CCNC(c1ccnnc1)c1cccc(OC2CC2)c1. The highest BCUT2D eigenvalue weighted by molar-refractivity contribution is 5.35. The van der Waals surface area contributed by atoms with Crippen LogP contribution >= 0.6 is 0 Å². The van der Waals surface area contributed by atoms with Crippen molar-refractivity contribution < 1.29 is 4.74 Å². The molecule has 20 heavy (non-hydrogen) atoms. The summed E-state index contributed by atoms with van der Waals surface area (Å²) in [5, 5.41) is 11.3. The molecule has 1 fully saturated rings. The van der Waals surface area contributed by atoms with Crippen molar-refractivity contribution >= 4 is 0 Å². The lowest BCUT2D eigenvalue weighted by atomic mass is 10.0. The second-order valence-electron chi connectivity index (χ2n) is 5.06. The summed E-state index contributed by atoms with van der Waals surface area (Å²) in [7, 11) is 0. The Labute approximate surface area is 119 Å². The van der Waals surface area contributed by atoms with E-state index in [0.29, 0.717) is 6.10 Å². The van der Waals surface area contributed by atoms with Crippen LogP contribution in [0.25, 0.3) is 0 Å². The van der Waals surface area contributed by atoms with Gasteiger partial charge in [0.25, 0.3) is 0 Å². The maximum Gasteiger partial charge on any atom is 0.120 e. The molecule has 0 radical (unpaired) electrons. The first-order valence-electron chi connectivity index (χ1n) is 7.13. The zero-order valence-corrected chi connectivity index (χ0v) is 11.6.